The van der Waals surface area contributed by atoms with Crippen LogP contribution in [0, 0.1) is 16.7 Å². The lowest BCUT2D eigenvalue weighted by atomic mass is 9.68. The van der Waals surface area contributed by atoms with Gasteiger partial charge >= 0.3 is 0 Å². The minimum atomic E-state index is -0.343. The SMILES string of the molecule is CC(=O)N(C(C)=O)C1=C(C#N)C2(CCCC2)Cc2ccccc21. The summed E-state index contributed by atoms with van der Waals surface area (Å²) in [5.41, 5.74) is 2.86. The van der Waals surface area contributed by atoms with Crippen LogP contribution in [0.1, 0.15) is 50.7 Å². The number of hydrogen-bond acceptors (Lipinski definition) is 3. The number of benzene rings is 1. The molecule has 2 aliphatic rings. The zero-order chi connectivity index (χ0) is 16.6. The number of carbonyl (C=O) groups is 2. The van der Waals surface area contributed by atoms with Crippen LogP contribution >= 0.6 is 0 Å². The Morgan fingerprint density at radius 3 is 2.30 bits per heavy atom. The third-order valence-electron chi connectivity index (χ3n) is 5.09. The Kier molecular flexibility index (Phi) is 3.81. The molecule has 23 heavy (non-hydrogen) atoms. The predicted octanol–water partition coefficient (Wildman–Crippen LogP) is 3.43. The van der Waals surface area contributed by atoms with E-state index < -0.39 is 0 Å². The molecule has 2 aliphatic carbocycles. The minimum Gasteiger partial charge on any atom is -0.274 e. The molecule has 1 fully saturated rings. The fraction of sp³-hybridized carbons (Fsp3) is 0.421. The molecule has 0 atom stereocenters. The zero-order valence-corrected chi connectivity index (χ0v) is 13.6. The lowest BCUT2D eigenvalue weighted by molar-refractivity contribution is -0.137. The van der Waals surface area contributed by atoms with Crippen molar-refractivity contribution >= 4 is 17.5 Å². The highest BCUT2D eigenvalue weighted by Crippen LogP contribution is 2.53. The maximum absolute atomic E-state index is 12.1. The van der Waals surface area contributed by atoms with E-state index in [4.69, 9.17) is 0 Å². The number of imide groups is 1. The van der Waals surface area contributed by atoms with Gasteiger partial charge in [-0.2, -0.15) is 5.26 Å². The molecule has 1 spiro atoms. The van der Waals surface area contributed by atoms with Crippen molar-refractivity contribution in [3.8, 4) is 6.07 Å². The number of allylic oxidation sites excluding steroid dienone is 1. The first-order chi connectivity index (χ1) is 11.0. The van der Waals surface area contributed by atoms with Crippen LogP contribution in [0.4, 0.5) is 0 Å². The van der Waals surface area contributed by atoms with Crippen LogP contribution < -0.4 is 0 Å². The third-order valence-corrected chi connectivity index (χ3v) is 5.09. The molecule has 1 saturated carbocycles. The number of fused-ring (bicyclic) bond motifs is 1. The van der Waals surface area contributed by atoms with Gasteiger partial charge < -0.3 is 0 Å². The van der Waals surface area contributed by atoms with Crippen LogP contribution in [0.5, 0.6) is 0 Å². The third kappa shape index (κ3) is 2.37. The van der Waals surface area contributed by atoms with Gasteiger partial charge in [-0.25, -0.2) is 4.90 Å². The van der Waals surface area contributed by atoms with Crippen molar-refractivity contribution in [3.63, 3.8) is 0 Å². The number of rotatable bonds is 1. The molecule has 0 unspecified atom stereocenters. The highest BCUT2D eigenvalue weighted by Gasteiger charge is 2.45. The van der Waals surface area contributed by atoms with Gasteiger partial charge in [0.15, 0.2) is 0 Å². The molecule has 118 valence electrons. The van der Waals surface area contributed by atoms with Crippen LogP contribution in [-0.2, 0) is 16.0 Å². The van der Waals surface area contributed by atoms with Gasteiger partial charge in [-0.15, -0.1) is 0 Å². The van der Waals surface area contributed by atoms with E-state index >= 15 is 0 Å². The van der Waals surface area contributed by atoms with Gasteiger partial charge in [0.2, 0.25) is 11.8 Å². The van der Waals surface area contributed by atoms with Gasteiger partial charge in [0.05, 0.1) is 17.3 Å². The fourth-order valence-corrected chi connectivity index (χ4v) is 4.16. The van der Waals surface area contributed by atoms with Crippen LogP contribution in [0.25, 0.3) is 5.70 Å². The first-order valence-electron chi connectivity index (χ1n) is 8.04. The average molecular weight is 308 g/mol. The summed E-state index contributed by atoms with van der Waals surface area (Å²) in [4.78, 5) is 25.4. The molecule has 1 aromatic carbocycles. The summed E-state index contributed by atoms with van der Waals surface area (Å²) in [6.07, 6.45) is 4.87. The molecule has 4 nitrogen and oxygen atoms in total. The van der Waals surface area contributed by atoms with Crippen molar-refractivity contribution in [3.05, 3.63) is 41.0 Å². The van der Waals surface area contributed by atoms with E-state index in [1.54, 1.807) is 0 Å². The molecule has 0 aliphatic heterocycles. The zero-order valence-electron chi connectivity index (χ0n) is 13.6. The summed E-state index contributed by atoms with van der Waals surface area (Å²) in [5, 5.41) is 9.87. The fourth-order valence-electron chi connectivity index (χ4n) is 4.16. The largest absolute Gasteiger partial charge is 0.274 e. The molecule has 0 radical (unpaired) electrons. The first kappa shape index (κ1) is 15.5. The normalized spacial score (nSPS) is 18.5. The lowest BCUT2D eigenvalue weighted by Crippen LogP contribution is -2.38. The molecule has 0 saturated heterocycles. The topological polar surface area (TPSA) is 61.2 Å². The summed E-state index contributed by atoms with van der Waals surface area (Å²) in [6.45, 7) is 2.75. The Labute approximate surface area is 136 Å². The molecule has 0 heterocycles. The van der Waals surface area contributed by atoms with Gasteiger partial charge in [0, 0.05) is 24.8 Å². The van der Waals surface area contributed by atoms with Crippen LogP contribution in [0.2, 0.25) is 0 Å². The number of amides is 2. The number of nitrogens with zero attached hydrogens (tertiary/aromatic N) is 2. The lowest BCUT2D eigenvalue weighted by Gasteiger charge is -2.38. The molecule has 3 rings (SSSR count). The highest BCUT2D eigenvalue weighted by atomic mass is 16.2. The van der Waals surface area contributed by atoms with Crippen LogP contribution in [-0.4, -0.2) is 16.7 Å². The number of carbonyl (C=O) groups excluding carboxylic acids is 2. The van der Waals surface area contributed by atoms with Gasteiger partial charge in [0.1, 0.15) is 0 Å². The maximum Gasteiger partial charge on any atom is 0.230 e. The quantitative estimate of drug-likeness (QED) is 0.798. The van der Waals surface area contributed by atoms with E-state index in [9.17, 15) is 14.9 Å². The van der Waals surface area contributed by atoms with Gasteiger partial charge in [-0.3, -0.25) is 9.59 Å². The van der Waals surface area contributed by atoms with Crippen molar-refractivity contribution in [2.24, 2.45) is 5.41 Å². The summed E-state index contributed by atoms with van der Waals surface area (Å²) < 4.78 is 0. The van der Waals surface area contributed by atoms with E-state index in [1.165, 1.54) is 18.7 Å². The Bertz CT molecular complexity index is 735. The number of hydrogen-bond donors (Lipinski definition) is 0. The summed E-state index contributed by atoms with van der Waals surface area (Å²) in [7, 11) is 0. The molecule has 2 amide bonds. The van der Waals surface area contributed by atoms with Crippen molar-refractivity contribution in [1.82, 2.24) is 4.90 Å². The van der Waals surface area contributed by atoms with Gasteiger partial charge in [-0.05, 0) is 24.8 Å². The molecular formula is C19H20N2O2. The molecule has 1 aromatic rings. The van der Waals surface area contributed by atoms with Crippen LogP contribution in [0.15, 0.2) is 29.8 Å². The number of nitriles is 1. The maximum atomic E-state index is 12.1. The smallest absolute Gasteiger partial charge is 0.230 e. The monoisotopic (exact) mass is 308 g/mol. The minimum absolute atomic E-state index is 0.221. The Hall–Kier alpha value is -2.41. The van der Waals surface area contributed by atoms with E-state index in [1.807, 2.05) is 24.3 Å². The van der Waals surface area contributed by atoms with E-state index in [0.29, 0.717) is 11.3 Å². The van der Waals surface area contributed by atoms with Gasteiger partial charge in [0.25, 0.3) is 0 Å². The van der Waals surface area contributed by atoms with Gasteiger partial charge in [-0.1, -0.05) is 37.1 Å². The van der Waals surface area contributed by atoms with Crippen molar-refractivity contribution in [2.45, 2.75) is 46.0 Å². The molecule has 0 aromatic heterocycles. The molecule has 0 N–H and O–H groups in total. The first-order valence-corrected chi connectivity index (χ1v) is 8.04. The van der Waals surface area contributed by atoms with Crippen LogP contribution in [0.3, 0.4) is 0 Å². The Balaban J connectivity index is 2.32. The second-order valence-corrected chi connectivity index (χ2v) is 6.53. The van der Waals surface area contributed by atoms with E-state index in [2.05, 4.69) is 6.07 Å². The molecule has 4 heteroatoms. The van der Waals surface area contributed by atoms with E-state index in [-0.39, 0.29) is 17.2 Å². The predicted molar refractivity (Wildman–Crippen MR) is 86.8 cm³/mol. The molecule has 0 bridgehead atoms. The van der Waals surface area contributed by atoms with Crippen molar-refractivity contribution < 1.29 is 9.59 Å². The standard InChI is InChI=1S/C19H20N2O2/c1-13(22)21(14(2)23)18-16-8-4-3-7-15(16)11-19(17(18)12-20)9-5-6-10-19/h3-4,7-8H,5-6,9-11H2,1-2H3. The summed E-state index contributed by atoms with van der Waals surface area (Å²) >= 11 is 0. The average Bonchev–Trinajstić information content (AvgIpc) is 2.95. The van der Waals surface area contributed by atoms with E-state index in [0.717, 1.165) is 43.2 Å². The second kappa shape index (κ2) is 5.66. The molecular weight excluding hydrogens is 288 g/mol. The highest BCUT2D eigenvalue weighted by molar-refractivity contribution is 6.04. The summed E-state index contributed by atoms with van der Waals surface area (Å²) in [5.74, 6) is -0.685. The second-order valence-electron chi connectivity index (χ2n) is 6.53. The Morgan fingerprint density at radius 2 is 1.74 bits per heavy atom. The van der Waals surface area contributed by atoms with Crippen molar-refractivity contribution in [2.75, 3.05) is 0 Å². The summed E-state index contributed by atoms with van der Waals surface area (Å²) in [6, 6.07) is 10.2. The Morgan fingerprint density at radius 1 is 1.13 bits per heavy atom. The van der Waals surface area contributed by atoms with Crippen molar-refractivity contribution in [1.29, 1.82) is 5.26 Å².